The summed E-state index contributed by atoms with van der Waals surface area (Å²) in [7, 11) is 0. The van der Waals surface area contributed by atoms with E-state index in [4.69, 9.17) is 16.9 Å². The highest BCUT2D eigenvalue weighted by molar-refractivity contribution is 6.32. The molecule has 1 aromatic carbocycles. The van der Waals surface area contributed by atoms with E-state index in [1.807, 2.05) is 6.07 Å². The van der Waals surface area contributed by atoms with Crippen molar-refractivity contribution in [2.45, 2.75) is 24.7 Å². The Labute approximate surface area is 124 Å². The number of hydrogen-bond donors (Lipinski definition) is 1. The van der Waals surface area contributed by atoms with Gasteiger partial charge in [0.15, 0.2) is 6.10 Å². The van der Waals surface area contributed by atoms with E-state index in [-0.39, 0.29) is 22.4 Å². The summed E-state index contributed by atoms with van der Waals surface area (Å²) in [5, 5.41) is 18.7. The molecule has 1 aromatic rings. The van der Waals surface area contributed by atoms with Crippen LogP contribution in [0.15, 0.2) is 18.2 Å². The fraction of sp³-hybridized carbons (Fsp3) is 0.500. The minimum Gasteiger partial charge on any atom is -0.382 e. The molecule has 1 N–H and O–H groups in total. The average molecular weight is 317 g/mol. The monoisotopic (exact) mass is 316 g/mol. The molecule has 0 amide bonds. The van der Waals surface area contributed by atoms with E-state index < -0.39 is 18.3 Å². The van der Waals surface area contributed by atoms with Crippen LogP contribution in [0.25, 0.3) is 0 Å². The molecule has 1 aliphatic carbocycles. The zero-order valence-electron chi connectivity index (χ0n) is 10.8. The number of benzene rings is 1. The maximum absolute atomic E-state index is 12.8. The van der Waals surface area contributed by atoms with Crippen LogP contribution in [-0.4, -0.2) is 30.0 Å². The topological polar surface area (TPSA) is 47.3 Å². The molecule has 7 heteroatoms. The molecule has 0 radical (unpaired) electrons. The molecular formula is C14H12ClF3N2O. The quantitative estimate of drug-likeness (QED) is 0.912. The van der Waals surface area contributed by atoms with Crippen molar-refractivity contribution in [2.75, 3.05) is 11.4 Å². The molecular weight excluding hydrogens is 305 g/mol. The number of nitriles is 1. The molecule has 112 valence electrons. The van der Waals surface area contributed by atoms with Gasteiger partial charge in [0, 0.05) is 12.2 Å². The first-order chi connectivity index (χ1) is 9.82. The van der Waals surface area contributed by atoms with Gasteiger partial charge < -0.3 is 10.0 Å². The Balaban J connectivity index is 1.91. The van der Waals surface area contributed by atoms with Crippen LogP contribution in [0.1, 0.15) is 12.0 Å². The Bertz CT molecular complexity index is 613. The summed E-state index contributed by atoms with van der Waals surface area (Å²) >= 11 is 5.94. The molecule has 2 fully saturated rings. The first-order valence-corrected chi connectivity index (χ1v) is 6.92. The molecule has 2 aliphatic rings. The third-order valence-corrected chi connectivity index (χ3v) is 4.58. The Kier molecular flexibility index (Phi) is 3.30. The van der Waals surface area contributed by atoms with Crippen LogP contribution in [0.2, 0.25) is 5.02 Å². The van der Waals surface area contributed by atoms with Crippen molar-refractivity contribution in [3.63, 3.8) is 0 Å². The summed E-state index contributed by atoms with van der Waals surface area (Å²) in [6, 6.07) is 5.48. The third kappa shape index (κ3) is 2.45. The summed E-state index contributed by atoms with van der Waals surface area (Å²) in [5.41, 5.74) is 0.789. The number of halogens is 4. The van der Waals surface area contributed by atoms with Crippen LogP contribution in [0.5, 0.6) is 0 Å². The van der Waals surface area contributed by atoms with Gasteiger partial charge >= 0.3 is 6.18 Å². The number of fused-ring (bicyclic) bond motifs is 1. The smallest absolute Gasteiger partial charge is 0.382 e. The standard InChI is InChI=1S/C14H12ClF3N2O/c15-11-4-9(2-1-7(11)5-19)20-6-8-3-10(8)12(20)13(21)14(16,17)18/h1-2,4,8,10,12-13,21H,3,6H2. The Morgan fingerprint density at radius 3 is 2.71 bits per heavy atom. The SMILES string of the molecule is N#Cc1ccc(N2CC3CC3C2C(O)C(F)(F)F)cc1Cl. The van der Waals surface area contributed by atoms with Crippen LogP contribution in [-0.2, 0) is 0 Å². The maximum atomic E-state index is 12.8. The molecule has 1 heterocycles. The lowest BCUT2D eigenvalue weighted by Gasteiger charge is -2.34. The highest BCUT2D eigenvalue weighted by atomic mass is 35.5. The highest BCUT2D eigenvalue weighted by Gasteiger charge is 2.60. The first-order valence-electron chi connectivity index (χ1n) is 6.54. The van der Waals surface area contributed by atoms with Crippen LogP contribution >= 0.6 is 11.6 Å². The van der Waals surface area contributed by atoms with E-state index in [2.05, 4.69) is 0 Å². The fourth-order valence-electron chi connectivity index (χ4n) is 3.15. The molecule has 3 nitrogen and oxygen atoms in total. The molecule has 0 spiro atoms. The number of aliphatic hydroxyl groups excluding tert-OH is 1. The van der Waals surface area contributed by atoms with Gasteiger partial charge in [0.2, 0.25) is 0 Å². The second-order valence-electron chi connectivity index (χ2n) is 5.56. The van der Waals surface area contributed by atoms with Crippen molar-refractivity contribution in [2.24, 2.45) is 11.8 Å². The second kappa shape index (κ2) is 4.79. The molecule has 1 aliphatic heterocycles. The number of nitrogens with zero attached hydrogens (tertiary/aromatic N) is 2. The highest BCUT2D eigenvalue weighted by Crippen LogP contribution is 2.53. The number of aliphatic hydroxyl groups is 1. The number of rotatable bonds is 2. The Hall–Kier alpha value is -1.45. The van der Waals surface area contributed by atoms with E-state index in [1.165, 1.54) is 12.1 Å². The second-order valence-corrected chi connectivity index (χ2v) is 5.97. The van der Waals surface area contributed by atoms with Crippen molar-refractivity contribution in [1.82, 2.24) is 0 Å². The van der Waals surface area contributed by atoms with Crippen molar-refractivity contribution in [1.29, 1.82) is 5.26 Å². The van der Waals surface area contributed by atoms with Gasteiger partial charge in [0.05, 0.1) is 16.6 Å². The summed E-state index contributed by atoms with van der Waals surface area (Å²) in [4.78, 5) is 1.56. The lowest BCUT2D eigenvalue weighted by Crippen LogP contribution is -2.49. The van der Waals surface area contributed by atoms with Gasteiger partial charge in [0.1, 0.15) is 6.07 Å². The van der Waals surface area contributed by atoms with Gasteiger partial charge in [-0.15, -0.1) is 0 Å². The summed E-state index contributed by atoms with van der Waals surface area (Å²) in [6.07, 6.45) is -6.29. The largest absolute Gasteiger partial charge is 0.416 e. The van der Waals surface area contributed by atoms with E-state index in [0.29, 0.717) is 12.2 Å². The Morgan fingerprint density at radius 2 is 2.14 bits per heavy atom. The zero-order valence-corrected chi connectivity index (χ0v) is 11.6. The van der Waals surface area contributed by atoms with Crippen LogP contribution in [0.4, 0.5) is 18.9 Å². The van der Waals surface area contributed by atoms with Gasteiger partial charge in [-0.05, 0) is 36.5 Å². The van der Waals surface area contributed by atoms with Gasteiger partial charge in [-0.2, -0.15) is 18.4 Å². The normalized spacial score (nSPS) is 29.0. The summed E-state index contributed by atoms with van der Waals surface area (Å²) in [5.74, 6) is 0.0671. The summed E-state index contributed by atoms with van der Waals surface area (Å²) in [6.45, 7) is 0.477. The lowest BCUT2D eigenvalue weighted by molar-refractivity contribution is -0.210. The van der Waals surface area contributed by atoms with Gasteiger partial charge in [0.25, 0.3) is 0 Å². The third-order valence-electron chi connectivity index (χ3n) is 4.27. The zero-order chi connectivity index (χ0) is 15.4. The summed E-state index contributed by atoms with van der Waals surface area (Å²) < 4.78 is 38.5. The van der Waals surface area contributed by atoms with Crippen molar-refractivity contribution in [3.05, 3.63) is 28.8 Å². The molecule has 4 atom stereocenters. The molecule has 1 saturated heterocycles. The van der Waals surface area contributed by atoms with Crippen LogP contribution in [0, 0.1) is 23.2 Å². The molecule has 4 unspecified atom stereocenters. The molecule has 1 saturated carbocycles. The van der Waals surface area contributed by atoms with Crippen molar-refractivity contribution >= 4 is 17.3 Å². The molecule has 0 bridgehead atoms. The molecule has 0 aromatic heterocycles. The fourth-order valence-corrected chi connectivity index (χ4v) is 3.37. The van der Waals surface area contributed by atoms with E-state index in [9.17, 15) is 18.3 Å². The van der Waals surface area contributed by atoms with Gasteiger partial charge in [-0.1, -0.05) is 11.6 Å². The predicted octanol–water partition coefficient (Wildman–Crippen LogP) is 2.96. The van der Waals surface area contributed by atoms with Gasteiger partial charge in [-0.25, -0.2) is 0 Å². The van der Waals surface area contributed by atoms with E-state index in [0.717, 1.165) is 6.42 Å². The lowest BCUT2D eigenvalue weighted by atomic mass is 10.0. The van der Waals surface area contributed by atoms with E-state index >= 15 is 0 Å². The maximum Gasteiger partial charge on any atom is 0.416 e. The Morgan fingerprint density at radius 1 is 1.43 bits per heavy atom. The molecule has 3 rings (SSSR count). The first kappa shape index (κ1) is 14.5. The van der Waals surface area contributed by atoms with Crippen LogP contribution in [0.3, 0.4) is 0 Å². The number of alkyl halides is 3. The van der Waals surface area contributed by atoms with Gasteiger partial charge in [-0.3, -0.25) is 0 Å². The minimum absolute atomic E-state index is 0.129. The van der Waals surface area contributed by atoms with Crippen molar-refractivity contribution < 1.29 is 18.3 Å². The van der Waals surface area contributed by atoms with E-state index in [1.54, 1.807) is 11.0 Å². The number of piperidine rings is 1. The number of anilines is 1. The number of hydrogen-bond acceptors (Lipinski definition) is 3. The average Bonchev–Trinajstić information content (AvgIpc) is 3.08. The predicted molar refractivity (Wildman–Crippen MR) is 71.0 cm³/mol. The molecule has 21 heavy (non-hydrogen) atoms. The van der Waals surface area contributed by atoms with Crippen LogP contribution < -0.4 is 4.90 Å². The van der Waals surface area contributed by atoms with Crippen molar-refractivity contribution in [3.8, 4) is 6.07 Å². The minimum atomic E-state index is -4.64.